The highest BCUT2D eigenvalue weighted by molar-refractivity contribution is 6.11. The molecule has 0 saturated heterocycles. The number of nitrogens with zero attached hydrogens (tertiary/aromatic N) is 2. The van der Waals surface area contributed by atoms with Crippen LogP contribution < -0.4 is 4.90 Å². The van der Waals surface area contributed by atoms with Gasteiger partial charge in [0.25, 0.3) is 0 Å². The van der Waals surface area contributed by atoms with Gasteiger partial charge in [0.05, 0.1) is 11.0 Å². The Balaban J connectivity index is 1.00. The van der Waals surface area contributed by atoms with E-state index in [1.54, 1.807) is 0 Å². The van der Waals surface area contributed by atoms with Gasteiger partial charge in [-0.3, -0.25) is 0 Å². The second-order valence-corrected chi connectivity index (χ2v) is 14.9. The number of fused-ring (bicyclic) bond motifs is 9. The summed E-state index contributed by atoms with van der Waals surface area (Å²) >= 11 is 0. The number of hydrogen-bond donors (Lipinski definition) is 0. The highest BCUT2D eigenvalue weighted by Crippen LogP contribution is 2.42. The summed E-state index contributed by atoms with van der Waals surface area (Å²) in [6.07, 6.45) is 0. The number of para-hydroxylation sites is 6. The molecule has 0 spiro atoms. The minimum absolute atomic E-state index is 0.893. The molecular formula is C54H34N2O2. The molecule has 272 valence electrons. The number of furan rings is 2. The molecule has 0 saturated carbocycles. The lowest BCUT2D eigenvalue weighted by molar-refractivity contribution is 0.669. The molecule has 58 heavy (non-hydrogen) atoms. The molecule has 3 heterocycles. The Hall–Kier alpha value is -7.82. The van der Waals surface area contributed by atoms with Crippen LogP contribution in [0.2, 0.25) is 0 Å². The average molecular weight is 743 g/mol. The molecule has 9 aromatic carbocycles. The van der Waals surface area contributed by atoms with Crippen molar-refractivity contribution >= 4 is 82.7 Å². The molecule has 0 aliphatic rings. The summed E-state index contributed by atoms with van der Waals surface area (Å²) in [6.45, 7) is 0. The summed E-state index contributed by atoms with van der Waals surface area (Å²) < 4.78 is 15.3. The van der Waals surface area contributed by atoms with E-state index in [0.717, 1.165) is 88.9 Å². The van der Waals surface area contributed by atoms with Gasteiger partial charge in [0, 0.05) is 66.2 Å². The molecule has 4 nitrogen and oxygen atoms in total. The van der Waals surface area contributed by atoms with Crippen LogP contribution >= 0.6 is 0 Å². The molecule has 0 bridgehead atoms. The van der Waals surface area contributed by atoms with Gasteiger partial charge < -0.3 is 18.3 Å². The van der Waals surface area contributed by atoms with Crippen LogP contribution in [0.3, 0.4) is 0 Å². The fraction of sp³-hybridized carbons (Fsp3) is 0. The van der Waals surface area contributed by atoms with E-state index in [9.17, 15) is 0 Å². The van der Waals surface area contributed by atoms with Gasteiger partial charge in [0.2, 0.25) is 0 Å². The minimum atomic E-state index is 0.893. The number of aromatic nitrogens is 1. The van der Waals surface area contributed by atoms with Crippen LogP contribution in [0.1, 0.15) is 0 Å². The highest BCUT2D eigenvalue weighted by Gasteiger charge is 2.19. The van der Waals surface area contributed by atoms with Gasteiger partial charge >= 0.3 is 0 Å². The van der Waals surface area contributed by atoms with Crippen LogP contribution in [0, 0.1) is 0 Å². The second kappa shape index (κ2) is 12.9. The van der Waals surface area contributed by atoms with Crippen LogP contribution in [-0.2, 0) is 0 Å². The Kier molecular flexibility index (Phi) is 7.20. The van der Waals surface area contributed by atoms with Crippen molar-refractivity contribution in [3.63, 3.8) is 0 Å². The largest absolute Gasteiger partial charge is 0.455 e. The quantitative estimate of drug-likeness (QED) is 0.170. The lowest BCUT2D eigenvalue weighted by atomic mass is 10.0. The summed E-state index contributed by atoms with van der Waals surface area (Å²) in [5.41, 5.74) is 14.5. The summed E-state index contributed by atoms with van der Waals surface area (Å²) in [6, 6.07) is 73.2. The Morgan fingerprint density at radius 1 is 0.328 bits per heavy atom. The van der Waals surface area contributed by atoms with Crippen LogP contribution in [-0.4, -0.2) is 4.57 Å². The van der Waals surface area contributed by atoms with Crippen molar-refractivity contribution < 1.29 is 8.83 Å². The maximum Gasteiger partial charge on any atom is 0.143 e. The highest BCUT2D eigenvalue weighted by atomic mass is 16.3. The zero-order valence-electron chi connectivity index (χ0n) is 31.3. The van der Waals surface area contributed by atoms with E-state index >= 15 is 0 Å². The fourth-order valence-corrected chi connectivity index (χ4v) is 8.95. The van der Waals surface area contributed by atoms with Crippen molar-refractivity contribution in [2.45, 2.75) is 0 Å². The Bertz CT molecular complexity index is 3460. The molecular weight excluding hydrogens is 709 g/mol. The van der Waals surface area contributed by atoms with Crippen LogP contribution in [0.25, 0.3) is 93.6 Å². The van der Waals surface area contributed by atoms with Gasteiger partial charge in [-0.05, 0) is 83.9 Å². The maximum absolute atomic E-state index is 6.50. The van der Waals surface area contributed by atoms with Crippen LogP contribution in [0.15, 0.2) is 215 Å². The first-order valence-electron chi connectivity index (χ1n) is 19.7. The van der Waals surface area contributed by atoms with E-state index in [0.29, 0.717) is 0 Å². The third-order valence-corrected chi connectivity index (χ3v) is 11.6. The first-order chi connectivity index (χ1) is 28.8. The van der Waals surface area contributed by atoms with E-state index in [-0.39, 0.29) is 0 Å². The average Bonchev–Trinajstić information content (AvgIpc) is 3.97. The van der Waals surface area contributed by atoms with Crippen LogP contribution in [0.4, 0.5) is 17.1 Å². The van der Waals surface area contributed by atoms with E-state index in [2.05, 4.69) is 191 Å². The number of benzene rings is 9. The first kappa shape index (κ1) is 32.4. The molecule has 3 aromatic heterocycles. The fourth-order valence-electron chi connectivity index (χ4n) is 8.95. The van der Waals surface area contributed by atoms with Crippen molar-refractivity contribution in [3.8, 4) is 27.9 Å². The predicted molar refractivity (Wildman–Crippen MR) is 241 cm³/mol. The molecule has 0 N–H and O–H groups in total. The SMILES string of the molecule is c1cc(-c2cccc3c2oc2ccccc23)cc(N(c2ccc(-c3cccc4c3oc3ccccc34)cc2)c2ccc(-n3c4ccccc4c4ccccc43)cc2)c1. The summed E-state index contributed by atoms with van der Waals surface area (Å²) in [5, 5.41) is 6.99. The predicted octanol–water partition coefficient (Wildman–Crippen LogP) is 15.4. The monoisotopic (exact) mass is 742 g/mol. The van der Waals surface area contributed by atoms with E-state index < -0.39 is 0 Å². The molecule has 0 radical (unpaired) electrons. The zero-order valence-corrected chi connectivity index (χ0v) is 31.3. The molecule has 0 atom stereocenters. The molecule has 4 heteroatoms. The molecule has 0 aliphatic heterocycles. The van der Waals surface area contributed by atoms with Gasteiger partial charge in [-0.1, -0.05) is 133 Å². The lowest BCUT2D eigenvalue weighted by Crippen LogP contribution is -2.10. The third-order valence-electron chi connectivity index (χ3n) is 11.6. The number of anilines is 3. The van der Waals surface area contributed by atoms with Crippen molar-refractivity contribution in [2.24, 2.45) is 0 Å². The molecule has 0 aliphatic carbocycles. The van der Waals surface area contributed by atoms with Crippen LogP contribution in [0.5, 0.6) is 0 Å². The van der Waals surface area contributed by atoms with E-state index in [1.807, 2.05) is 24.3 Å². The Labute approximate surface area is 334 Å². The van der Waals surface area contributed by atoms with Crippen molar-refractivity contribution in [1.82, 2.24) is 4.57 Å². The number of rotatable bonds is 6. The summed E-state index contributed by atoms with van der Waals surface area (Å²) in [7, 11) is 0. The standard InChI is InChI=1S/C54H34N2O2/c1-5-22-49-43(14-1)44-15-2-6-23-50(44)56(49)39-32-30-38(31-33-39)55(37-28-26-35(27-29-37)41-18-10-20-47-45-16-3-7-24-51(45)57-53(41)47)40-13-9-12-36(34-40)42-19-11-21-48-46-17-4-8-25-52(46)58-54(42)48/h1-34H. The van der Waals surface area contributed by atoms with Gasteiger partial charge in [-0.25, -0.2) is 0 Å². The minimum Gasteiger partial charge on any atom is -0.455 e. The lowest BCUT2D eigenvalue weighted by Gasteiger charge is -2.26. The maximum atomic E-state index is 6.50. The Morgan fingerprint density at radius 2 is 0.793 bits per heavy atom. The van der Waals surface area contributed by atoms with Gasteiger partial charge in [0.1, 0.15) is 22.3 Å². The van der Waals surface area contributed by atoms with E-state index in [4.69, 9.17) is 8.83 Å². The van der Waals surface area contributed by atoms with Crippen molar-refractivity contribution in [2.75, 3.05) is 4.90 Å². The summed E-state index contributed by atoms with van der Waals surface area (Å²) in [4.78, 5) is 2.34. The van der Waals surface area contributed by atoms with Gasteiger partial charge in [-0.2, -0.15) is 0 Å². The van der Waals surface area contributed by atoms with E-state index in [1.165, 1.54) is 21.8 Å². The van der Waals surface area contributed by atoms with Gasteiger partial charge in [-0.15, -0.1) is 0 Å². The first-order valence-corrected chi connectivity index (χ1v) is 19.7. The third kappa shape index (κ3) is 5.02. The molecule has 12 aromatic rings. The topological polar surface area (TPSA) is 34.5 Å². The molecule has 0 fully saturated rings. The normalized spacial score (nSPS) is 11.8. The van der Waals surface area contributed by atoms with Gasteiger partial charge in [0.15, 0.2) is 0 Å². The Morgan fingerprint density at radius 3 is 1.38 bits per heavy atom. The smallest absolute Gasteiger partial charge is 0.143 e. The summed E-state index contributed by atoms with van der Waals surface area (Å²) in [5.74, 6) is 0. The molecule has 12 rings (SSSR count). The number of hydrogen-bond acceptors (Lipinski definition) is 3. The molecule has 0 unspecified atom stereocenters. The molecule has 0 amide bonds. The van der Waals surface area contributed by atoms with Crippen molar-refractivity contribution in [3.05, 3.63) is 206 Å². The second-order valence-electron chi connectivity index (χ2n) is 14.9. The zero-order chi connectivity index (χ0) is 38.2. The van der Waals surface area contributed by atoms with Crippen molar-refractivity contribution in [1.29, 1.82) is 0 Å².